The van der Waals surface area contributed by atoms with E-state index in [0.717, 1.165) is 37.6 Å². The molecular weight excluding hydrogens is 200 g/mol. The van der Waals surface area contributed by atoms with Crippen molar-refractivity contribution in [1.29, 1.82) is 0 Å². The summed E-state index contributed by atoms with van der Waals surface area (Å²) in [6.45, 7) is 5.22. The maximum atomic E-state index is 5.75. The lowest BCUT2D eigenvalue weighted by Gasteiger charge is -2.22. The normalized spacial score (nSPS) is 10.8. The molecule has 0 saturated heterocycles. The Morgan fingerprint density at radius 1 is 1.31 bits per heavy atom. The molecule has 1 heterocycles. The van der Waals surface area contributed by atoms with E-state index in [-0.39, 0.29) is 0 Å². The highest BCUT2D eigenvalue weighted by Crippen LogP contribution is 2.13. The molecule has 4 heteroatoms. The number of nitrogens with zero attached hydrogens (tertiary/aromatic N) is 3. The third-order valence-electron chi connectivity index (χ3n) is 2.51. The summed E-state index contributed by atoms with van der Waals surface area (Å²) in [6, 6.07) is 3.75. The topological polar surface area (TPSA) is 45.4 Å². The van der Waals surface area contributed by atoms with Gasteiger partial charge in [0.05, 0.1) is 0 Å². The molecule has 0 fully saturated rings. The van der Waals surface area contributed by atoms with Crippen molar-refractivity contribution < 1.29 is 0 Å². The molecule has 4 nitrogen and oxygen atoms in total. The van der Waals surface area contributed by atoms with E-state index in [9.17, 15) is 0 Å². The minimum atomic E-state index is 0.774. The van der Waals surface area contributed by atoms with Gasteiger partial charge in [0.1, 0.15) is 5.82 Å². The molecule has 1 aromatic rings. The summed E-state index contributed by atoms with van der Waals surface area (Å²) in [7, 11) is 4.18. The molecule has 0 bridgehead atoms. The number of nitrogens with two attached hydrogens (primary N) is 1. The number of hydrogen-bond acceptors (Lipinski definition) is 4. The fourth-order valence-electron chi connectivity index (χ4n) is 1.62. The zero-order chi connectivity index (χ0) is 12.0. The summed E-state index contributed by atoms with van der Waals surface area (Å²) >= 11 is 0. The van der Waals surface area contributed by atoms with Crippen LogP contribution in [0.25, 0.3) is 0 Å². The third kappa shape index (κ3) is 4.06. The van der Waals surface area contributed by atoms with Gasteiger partial charge in [-0.25, -0.2) is 4.98 Å². The molecule has 90 valence electrons. The van der Waals surface area contributed by atoms with Gasteiger partial charge in [-0.1, -0.05) is 0 Å². The summed E-state index contributed by atoms with van der Waals surface area (Å²) in [4.78, 5) is 8.79. The first-order chi connectivity index (χ1) is 7.63. The Morgan fingerprint density at radius 2 is 2.06 bits per heavy atom. The average molecular weight is 222 g/mol. The van der Waals surface area contributed by atoms with Crippen LogP contribution >= 0.6 is 0 Å². The Kier molecular flexibility index (Phi) is 5.05. The van der Waals surface area contributed by atoms with Crippen molar-refractivity contribution in [3.8, 4) is 0 Å². The van der Waals surface area contributed by atoms with Gasteiger partial charge in [-0.2, -0.15) is 0 Å². The second-order valence-corrected chi connectivity index (χ2v) is 4.18. The summed E-state index contributed by atoms with van der Waals surface area (Å²) in [5, 5.41) is 0. The summed E-state index contributed by atoms with van der Waals surface area (Å²) in [6.07, 6.45) is 2.90. The van der Waals surface area contributed by atoms with Crippen molar-refractivity contribution in [1.82, 2.24) is 9.88 Å². The maximum absolute atomic E-state index is 5.75. The number of nitrogen functional groups attached to an aromatic ring is 1. The first-order valence-electron chi connectivity index (χ1n) is 5.74. The third-order valence-corrected chi connectivity index (χ3v) is 2.51. The van der Waals surface area contributed by atoms with E-state index in [1.165, 1.54) is 0 Å². The van der Waals surface area contributed by atoms with E-state index in [0.29, 0.717) is 0 Å². The van der Waals surface area contributed by atoms with Crippen LogP contribution in [0.1, 0.15) is 13.3 Å². The van der Waals surface area contributed by atoms with Crippen molar-refractivity contribution in [2.24, 2.45) is 0 Å². The Hall–Kier alpha value is -1.29. The largest absolute Gasteiger partial charge is 0.399 e. The highest BCUT2D eigenvalue weighted by Gasteiger charge is 2.05. The van der Waals surface area contributed by atoms with Crippen molar-refractivity contribution in [2.45, 2.75) is 13.3 Å². The molecule has 16 heavy (non-hydrogen) atoms. The van der Waals surface area contributed by atoms with Crippen molar-refractivity contribution in [3.63, 3.8) is 0 Å². The summed E-state index contributed by atoms with van der Waals surface area (Å²) < 4.78 is 0. The molecule has 0 aliphatic rings. The number of hydrogen-bond donors (Lipinski definition) is 1. The van der Waals surface area contributed by atoms with E-state index < -0.39 is 0 Å². The van der Waals surface area contributed by atoms with Crippen LogP contribution in [0.3, 0.4) is 0 Å². The smallest absolute Gasteiger partial charge is 0.130 e. The van der Waals surface area contributed by atoms with E-state index in [2.05, 4.69) is 35.8 Å². The van der Waals surface area contributed by atoms with Gasteiger partial charge in [0.15, 0.2) is 0 Å². The van der Waals surface area contributed by atoms with Crippen LogP contribution in [0.15, 0.2) is 18.3 Å². The van der Waals surface area contributed by atoms with Gasteiger partial charge < -0.3 is 15.5 Å². The van der Waals surface area contributed by atoms with Gasteiger partial charge in [0.2, 0.25) is 0 Å². The van der Waals surface area contributed by atoms with Crippen LogP contribution in [0.5, 0.6) is 0 Å². The average Bonchev–Trinajstić information content (AvgIpc) is 2.24. The van der Waals surface area contributed by atoms with Crippen LogP contribution < -0.4 is 10.6 Å². The van der Waals surface area contributed by atoms with Gasteiger partial charge in [-0.05, 0) is 40.1 Å². The Morgan fingerprint density at radius 3 is 2.62 bits per heavy atom. The van der Waals surface area contributed by atoms with Crippen LogP contribution in [0, 0.1) is 0 Å². The van der Waals surface area contributed by atoms with E-state index >= 15 is 0 Å². The number of aromatic nitrogens is 1. The Balaban J connectivity index is 2.53. The van der Waals surface area contributed by atoms with Crippen molar-refractivity contribution in [3.05, 3.63) is 18.3 Å². The Labute approximate surface area is 98.1 Å². The summed E-state index contributed by atoms with van der Waals surface area (Å²) in [5.74, 6) is 0.973. The summed E-state index contributed by atoms with van der Waals surface area (Å²) in [5.41, 5.74) is 6.53. The lowest BCUT2D eigenvalue weighted by Crippen LogP contribution is -2.27. The number of rotatable bonds is 6. The second-order valence-electron chi connectivity index (χ2n) is 4.18. The van der Waals surface area contributed by atoms with Gasteiger partial charge in [-0.3, -0.25) is 0 Å². The minimum absolute atomic E-state index is 0.774. The lowest BCUT2D eigenvalue weighted by molar-refractivity contribution is 0.400. The monoisotopic (exact) mass is 222 g/mol. The van der Waals surface area contributed by atoms with Crippen molar-refractivity contribution in [2.75, 3.05) is 44.4 Å². The number of pyridine rings is 1. The van der Waals surface area contributed by atoms with Crippen LogP contribution in [0.2, 0.25) is 0 Å². The molecule has 0 unspecified atom stereocenters. The quantitative estimate of drug-likeness (QED) is 0.791. The van der Waals surface area contributed by atoms with Gasteiger partial charge >= 0.3 is 0 Å². The maximum Gasteiger partial charge on any atom is 0.130 e. The lowest BCUT2D eigenvalue weighted by atomic mass is 10.3. The van der Waals surface area contributed by atoms with Crippen LogP contribution in [-0.4, -0.2) is 43.6 Å². The molecular formula is C12H22N4. The zero-order valence-electron chi connectivity index (χ0n) is 10.5. The van der Waals surface area contributed by atoms with Crippen LogP contribution in [0.4, 0.5) is 11.5 Å². The van der Waals surface area contributed by atoms with E-state index in [4.69, 9.17) is 5.73 Å². The predicted molar refractivity (Wildman–Crippen MR) is 69.7 cm³/mol. The zero-order valence-corrected chi connectivity index (χ0v) is 10.5. The molecule has 0 spiro atoms. The highest BCUT2D eigenvalue weighted by atomic mass is 15.2. The minimum Gasteiger partial charge on any atom is -0.399 e. The Bertz CT molecular complexity index is 312. The fraction of sp³-hybridized carbons (Fsp3) is 0.583. The van der Waals surface area contributed by atoms with Crippen molar-refractivity contribution >= 4 is 11.5 Å². The van der Waals surface area contributed by atoms with E-state index in [1.54, 1.807) is 6.20 Å². The molecule has 0 saturated carbocycles. The predicted octanol–water partition coefficient (Wildman–Crippen LogP) is 1.44. The molecule has 1 rings (SSSR count). The SMILES string of the molecule is CCN(CCCN(C)C)c1cc(N)ccn1. The van der Waals surface area contributed by atoms with Gasteiger partial charge in [0, 0.05) is 31.0 Å². The molecule has 0 atom stereocenters. The van der Waals surface area contributed by atoms with Gasteiger partial charge in [-0.15, -0.1) is 0 Å². The molecule has 0 aromatic carbocycles. The first kappa shape index (κ1) is 12.8. The molecule has 1 aromatic heterocycles. The fourth-order valence-corrected chi connectivity index (χ4v) is 1.62. The molecule has 0 radical (unpaired) electrons. The van der Waals surface area contributed by atoms with Crippen LogP contribution in [-0.2, 0) is 0 Å². The first-order valence-corrected chi connectivity index (χ1v) is 5.74. The number of anilines is 2. The standard InChI is InChI=1S/C12H22N4/c1-4-16(9-5-8-15(2)3)12-10-11(13)6-7-14-12/h6-7,10H,4-5,8-9H2,1-3H3,(H2,13,14). The molecule has 0 aliphatic carbocycles. The highest BCUT2D eigenvalue weighted by molar-refractivity contribution is 5.50. The molecule has 0 aliphatic heterocycles. The molecule has 2 N–H and O–H groups in total. The molecule has 0 amide bonds. The van der Waals surface area contributed by atoms with Gasteiger partial charge in [0.25, 0.3) is 0 Å². The second kappa shape index (κ2) is 6.33. The van der Waals surface area contributed by atoms with E-state index in [1.807, 2.05) is 12.1 Å².